The Bertz CT molecular complexity index is 241. The van der Waals surface area contributed by atoms with Gasteiger partial charge in [0.1, 0.15) is 0 Å². The largest absolute Gasteiger partial charge is 0.175 e. The Kier molecular flexibility index (Phi) is 3.01. The van der Waals surface area contributed by atoms with E-state index in [1.807, 2.05) is 0 Å². The molecule has 0 heterocycles. The van der Waals surface area contributed by atoms with E-state index in [9.17, 15) is 0 Å². The van der Waals surface area contributed by atoms with E-state index in [2.05, 4.69) is 44.7 Å². The first-order valence-corrected chi connectivity index (χ1v) is 4.60. The highest BCUT2D eigenvalue weighted by Gasteiger charge is 1.97. The van der Waals surface area contributed by atoms with Crippen LogP contribution in [0.3, 0.4) is 0 Å². The van der Waals surface area contributed by atoms with Crippen molar-refractivity contribution in [3.05, 3.63) is 34.9 Å². The van der Waals surface area contributed by atoms with Gasteiger partial charge >= 0.3 is 0 Å². The Morgan fingerprint density at radius 2 is 2.00 bits per heavy atom. The molecule has 0 atom stereocenters. The molecule has 0 spiro atoms. The standard InChI is InChI=1S/C10H14S/c1-3-9-5-4-8(2)6-10(9)7-11/h4-6,11H,3,7H2,1-2H3. The van der Waals surface area contributed by atoms with Gasteiger partial charge in [-0.15, -0.1) is 0 Å². The van der Waals surface area contributed by atoms with E-state index in [0.717, 1.165) is 12.2 Å². The predicted molar refractivity (Wildman–Crippen MR) is 53.2 cm³/mol. The van der Waals surface area contributed by atoms with Crippen molar-refractivity contribution in [2.45, 2.75) is 26.0 Å². The van der Waals surface area contributed by atoms with Crippen LogP contribution in [0.1, 0.15) is 23.6 Å². The zero-order valence-corrected chi connectivity index (χ0v) is 7.99. The zero-order chi connectivity index (χ0) is 8.27. The lowest BCUT2D eigenvalue weighted by Crippen LogP contribution is -1.89. The average molecular weight is 166 g/mol. The predicted octanol–water partition coefficient (Wildman–Crippen LogP) is 2.99. The number of hydrogen-bond acceptors (Lipinski definition) is 1. The fourth-order valence-corrected chi connectivity index (χ4v) is 1.54. The highest BCUT2D eigenvalue weighted by molar-refractivity contribution is 7.79. The fraction of sp³-hybridized carbons (Fsp3) is 0.400. The number of benzene rings is 1. The number of thiol groups is 1. The maximum Gasteiger partial charge on any atom is 0.0157 e. The smallest absolute Gasteiger partial charge is 0.0157 e. The number of aryl methyl sites for hydroxylation is 2. The van der Waals surface area contributed by atoms with Crippen LogP contribution in [0, 0.1) is 6.92 Å². The van der Waals surface area contributed by atoms with Gasteiger partial charge in [0.25, 0.3) is 0 Å². The molecule has 1 heteroatoms. The fourth-order valence-electron chi connectivity index (χ4n) is 1.25. The van der Waals surface area contributed by atoms with Crippen molar-refractivity contribution in [1.29, 1.82) is 0 Å². The second kappa shape index (κ2) is 3.82. The van der Waals surface area contributed by atoms with Gasteiger partial charge in [-0.1, -0.05) is 30.7 Å². The summed E-state index contributed by atoms with van der Waals surface area (Å²) in [7, 11) is 0. The summed E-state index contributed by atoms with van der Waals surface area (Å²) in [4.78, 5) is 0. The third-order valence-corrected chi connectivity index (χ3v) is 2.25. The van der Waals surface area contributed by atoms with E-state index >= 15 is 0 Å². The molecule has 0 aliphatic heterocycles. The van der Waals surface area contributed by atoms with Crippen molar-refractivity contribution in [2.75, 3.05) is 0 Å². The summed E-state index contributed by atoms with van der Waals surface area (Å²) in [6, 6.07) is 6.57. The Balaban J connectivity index is 3.06. The van der Waals surface area contributed by atoms with Gasteiger partial charge in [-0.2, -0.15) is 12.6 Å². The molecular formula is C10H14S. The quantitative estimate of drug-likeness (QED) is 0.642. The molecule has 0 saturated heterocycles. The van der Waals surface area contributed by atoms with Crippen LogP contribution in [0.4, 0.5) is 0 Å². The highest BCUT2D eigenvalue weighted by Crippen LogP contribution is 2.14. The van der Waals surface area contributed by atoms with Crippen molar-refractivity contribution in [1.82, 2.24) is 0 Å². The Morgan fingerprint density at radius 3 is 2.55 bits per heavy atom. The minimum atomic E-state index is 0.852. The van der Waals surface area contributed by atoms with Gasteiger partial charge in [0.05, 0.1) is 0 Å². The van der Waals surface area contributed by atoms with E-state index in [1.165, 1.54) is 16.7 Å². The molecule has 0 N–H and O–H groups in total. The first-order valence-electron chi connectivity index (χ1n) is 3.97. The molecule has 1 rings (SSSR count). The second-order valence-corrected chi connectivity index (χ2v) is 3.10. The van der Waals surface area contributed by atoms with E-state index in [1.54, 1.807) is 0 Å². The summed E-state index contributed by atoms with van der Waals surface area (Å²) >= 11 is 4.28. The molecule has 60 valence electrons. The van der Waals surface area contributed by atoms with Crippen molar-refractivity contribution in [2.24, 2.45) is 0 Å². The highest BCUT2D eigenvalue weighted by atomic mass is 32.1. The van der Waals surface area contributed by atoms with Gasteiger partial charge in [0, 0.05) is 5.75 Å². The number of rotatable bonds is 2. The molecule has 0 amide bonds. The van der Waals surface area contributed by atoms with Gasteiger partial charge in [-0.05, 0) is 24.5 Å². The van der Waals surface area contributed by atoms with E-state index in [4.69, 9.17) is 0 Å². The van der Waals surface area contributed by atoms with Gasteiger partial charge in [0.15, 0.2) is 0 Å². The molecule has 1 aromatic carbocycles. The molecule has 0 fully saturated rings. The molecule has 0 nitrogen and oxygen atoms in total. The van der Waals surface area contributed by atoms with Crippen LogP contribution in [0.15, 0.2) is 18.2 Å². The monoisotopic (exact) mass is 166 g/mol. The molecule has 0 unspecified atom stereocenters. The Labute approximate surface area is 74.0 Å². The van der Waals surface area contributed by atoms with Crippen molar-refractivity contribution >= 4 is 12.6 Å². The van der Waals surface area contributed by atoms with Crippen molar-refractivity contribution in [3.8, 4) is 0 Å². The van der Waals surface area contributed by atoms with Gasteiger partial charge in [-0.3, -0.25) is 0 Å². The molecule has 11 heavy (non-hydrogen) atoms. The number of hydrogen-bond donors (Lipinski definition) is 1. The van der Waals surface area contributed by atoms with Crippen LogP contribution < -0.4 is 0 Å². The van der Waals surface area contributed by atoms with Crippen LogP contribution in [-0.2, 0) is 12.2 Å². The summed E-state index contributed by atoms with van der Waals surface area (Å²) < 4.78 is 0. The Hall–Kier alpha value is -0.430. The van der Waals surface area contributed by atoms with Crippen LogP contribution in [0.2, 0.25) is 0 Å². The zero-order valence-electron chi connectivity index (χ0n) is 7.09. The van der Waals surface area contributed by atoms with Crippen LogP contribution >= 0.6 is 12.6 Å². The van der Waals surface area contributed by atoms with E-state index in [-0.39, 0.29) is 0 Å². The minimum Gasteiger partial charge on any atom is -0.175 e. The third kappa shape index (κ3) is 2.00. The lowest BCUT2D eigenvalue weighted by molar-refractivity contribution is 1.10. The van der Waals surface area contributed by atoms with Gasteiger partial charge in [-0.25, -0.2) is 0 Å². The lowest BCUT2D eigenvalue weighted by atomic mass is 10.0. The first-order chi connectivity index (χ1) is 5.27. The topological polar surface area (TPSA) is 0 Å². The molecule has 0 aromatic heterocycles. The molecule has 0 bridgehead atoms. The summed E-state index contributed by atoms with van der Waals surface area (Å²) in [5.41, 5.74) is 4.12. The summed E-state index contributed by atoms with van der Waals surface area (Å²) in [5, 5.41) is 0. The molecular weight excluding hydrogens is 152 g/mol. The van der Waals surface area contributed by atoms with Crippen LogP contribution in [0.25, 0.3) is 0 Å². The van der Waals surface area contributed by atoms with Crippen LogP contribution in [0.5, 0.6) is 0 Å². The molecule has 0 saturated carbocycles. The Morgan fingerprint density at radius 1 is 1.27 bits per heavy atom. The molecule has 0 radical (unpaired) electrons. The van der Waals surface area contributed by atoms with Gasteiger partial charge in [0.2, 0.25) is 0 Å². The second-order valence-electron chi connectivity index (χ2n) is 2.78. The summed E-state index contributed by atoms with van der Waals surface area (Å²) in [6.45, 7) is 4.30. The normalized spacial score (nSPS) is 10.1. The van der Waals surface area contributed by atoms with Crippen molar-refractivity contribution in [3.63, 3.8) is 0 Å². The third-order valence-electron chi connectivity index (χ3n) is 1.91. The summed E-state index contributed by atoms with van der Waals surface area (Å²) in [6.07, 6.45) is 1.11. The SMILES string of the molecule is CCc1ccc(C)cc1CS. The van der Waals surface area contributed by atoms with Gasteiger partial charge < -0.3 is 0 Å². The molecule has 0 aliphatic carbocycles. The average Bonchev–Trinajstić information content (AvgIpc) is 2.04. The maximum atomic E-state index is 4.28. The summed E-state index contributed by atoms with van der Waals surface area (Å²) in [5.74, 6) is 0.852. The van der Waals surface area contributed by atoms with Crippen molar-refractivity contribution < 1.29 is 0 Å². The van der Waals surface area contributed by atoms with Crippen LogP contribution in [-0.4, -0.2) is 0 Å². The maximum absolute atomic E-state index is 4.28. The lowest BCUT2D eigenvalue weighted by Gasteiger charge is -2.05. The van der Waals surface area contributed by atoms with E-state index in [0.29, 0.717) is 0 Å². The molecule has 0 aliphatic rings. The minimum absolute atomic E-state index is 0.852. The first kappa shape index (κ1) is 8.66. The molecule has 1 aromatic rings. The van der Waals surface area contributed by atoms with E-state index < -0.39 is 0 Å².